The van der Waals surface area contributed by atoms with Crippen molar-refractivity contribution in [2.24, 2.45) is 0 Å². The number of carbonyl (C=O) groups is 4. The molecular weight excluding hydrogens is 1240 g/mol. The molecule has 0 amide bonds. The molecule has 13 aromatic rings. The normalized spacial score (nSPS) is 11.3. The molecule has 14 nitrogen and oxygen atoms in total. The molecule has 0 unspecified atom stereocenters. The molecule has 91 heavy (non-hydrogen) atoms. The molecule has 450 valence electrons. The Morgan fingerprint density at radius 1 is 0.330 bits per heavy atom. The SMILES string of the molecule is O=C(O)CCc1ccc(N(c2ccc(CCC(=O)O)cc2)c2ccc(-c3ccc(-c4c5nsnc5c(-c5ccc(-c6ccc(N(c7ccc(CCC(=O)O)cc7)c7ccc(CCC(=O)O)cc7)cc6)s5)c5nc(-c6cccs6)c(-c6cccs6)nc45)s3)cc2)cc1. The molecule has 4 N–H and O–H groups in total. The van der Waals surface area contributed by atoms with Crippen molar-refractivity contribution in [3.05, 3.63) is 227 Å². The minimum atomic E-state index is -0.848. The second-order valence-corrected chi connectivity index (χ2v) is 26.2. The number of nitrogens with zero attached hydrogens (tertiary/aromatic N) is 6. The fourth-order valence-electron chi connectivity index (χ4n) is 11.1. The number of hydrogen-bond acceptors (Lipinski definition) is 15. The number of aryl methyl sites for hydroxylation is 4. The number of anilines is 6. The molecule has 6 heterocycles. The highest BCUT2D eigenvalue weighted by Crippen LogP contribution is 2.50. The van der Waals surface area contributed by atoms with Crippen LogP contribution in [0.15, 0.2) is 205 Å². The predicted octanol–water partition coefficient (Wildman–Crippen LogP) is 18.9. The van der Waals surface area contributed by atoms with Crippen LogP contribution in [0.25, 0.3) is 85.0 Å². The van der Waals surface area contributed by atoms with Crippen LogP contribution in [0.5, 0.6) is 0 Å². The Balaban J connectivity index is 0.865. The van der Waals surface area contributed by atoms with Crippen molar-refractivity contribution in [2.45, 2.75) is 51.4 Å². The maximum atomic E-state index is 11.4. The van der Waals surface area contributed by atoms with Gasteiger partial charge in [-0.05, 0) is 179 Å². The number of carboxylic acids is 4. The van der Waals surface area contributed by atoms with Crippen molar-refractivity contribution in [1.82, 2.24) is 18.7 Å². The van der Waals surface area contributed by atoms with Gasteiger partial charge in [-0.25, -0.2) is 9.97 Å². The molecule has 0 aliphatic carbocycles. The van der Waals surface area contributed by atoms with Gasteiger partial charge in [-0.1, -0.05) is 84.9 Å². The van der Waals surface area contributed by atoms with E-state index in [0.717, 1.165) is 142 Å². The van der Waals surface area contributed by atoms with Crippen LogP contribution >= 0.6 is 57.1 Å². The van der Waals surface area contributed by atoms with Crippen LogP contribution in [0.2, 0.25) is 0 Å². The first-order chi connectivity index (χ1) is 44.4. The third-order valence-corrected chi connectivity index (χ3v) is 20.2. The summed E-state index contributed by atoms with van der Waals surface area (Å²) in [6, 6.07) is 65.2. The van der Waals surface area contributed by atoms with Gasteiger partial charge in [-0.2, -0.15) is 8.75 Å². The maximum absolute atomic E-state index is 11.4. The first kappa shape index (κ1) is 59.9. The first-order valence-electron chi connectivity index (χ1n) is 29.2. The Kier molecular flexibility index (Phi) is 17.5. The highest BCUT2D eigenvalue weighted by Gasteiger charge is 2.28. The average molecular weight is 1290 g/mol. The maximum Gasteiger partial charge on any atom is 0.303 e. The van der Waals surface area contributed by atoms with E-state index in [-0.39, 0.29) is 25.7 Å². The fraction of sp³-hybridized carbons (Fsp3) is 0.111. The number of aliphatic carboxylic acids is 4. The number of aromatic nitrogens is 4. The Labute approximate surface area is 542 Å². The summed E-state index contributed by atoms with van der Waals surface area (Å²) in [7, 11) is 0. The molecule has 0 bridgehead atoms. The smallest absolute Gasteiger partial charge is 0.303 e. The van der Waals surface area contributed by atoms with Crippen molar-refractivity contribution in [3.8, 4) is 62.9 Å². The van der Waals surface area contributed by atoms with Crippen LogP contribution in [0.4, 0.5) is 34.1 Å². The number of thiophene rings is 4. The van der Waals surface area contributed by atoms with Crippen molar-refractivity contribution >= 4 is 137 Å². The quantitative estimate of drug-likeness (QED) is 0.0444. The molecule has 0 saturated heterocycles. The van der Waals surface area contributed by atoms with Gasteiger partial charge in [0.25, 0.3) is 0 Å². The van der Waals surface area contributed by atoms with E-state index in [1.54, 1.807) is 45.3 Å². The van der Waals surface area contributed by atoms with Gasteiger partial charge in [0.05, 0.1) is 21.5 Å². The number of hydrogen-bond donors (Lipinski definition) is 4. The van der Waals surface area contributed by atoms with Crippen LogP contribution < -0.4 is 9.80 Å². The zero-order valence-corrected chi connectivity index (χ0v) is 52.5. The van der Waals surface area contributed by atoms with E-state index in [2.05, 4.69) is 105 Å². The number of benzene rings is 7. The Bertz CT molecular complexity index is 4340. The number of carboxylic acid groups (broad SMARTS) is 4. The molecule has 0 radical (unpaired) electrons. The fourth-order valence-corrected chi connectivity index (χ4v) is 15.2. The summed E-state index contributed by atoms with van der Waals surface area (Å²) in [5.74, 6) is -3.39. The van der Waals surface area contributed by atoms with Crippen LogP contribution in [-0.2, 0) is 44.9 Å². The van der Waals surface area contributed by atoms with Gasteiger partial charge in [-0.3, -0.25) is 19.2 Å². The Morgan fingerprint density at radius 2 is 0.615 bits per heavy atom. The molecule has 7 aromatic carbocycles. The Morgan fingerprint density at radius 3 is 0.890 bits per heavy atom. The van der Waals surface area contributed by atoms with Crippen LogP contribution in [-0.4, -0.2) is 63.0 Å². The van der Waals surface area contributed by atoms with Crippen molar-refractivity contribution in [2.75, 3.05) is 9.80 Å². The van der Waals surface area contributed by atoms with Gasteiger partial charge in [0, 0.05) is 90.4 Å². The third-order valence-electron chi connectivity index (χ3n) is 15.7. The van der Waals surface area contributed by atoms with Gasteiger partial charge in [0.2, 0.25) is 0 Å². The lowest BCUT2D eigenvalue weighted by atomic mass is 10.0. The van der Waals surface area contributed by atoms with Crippen molar-refractivity contribution in [1.29, 1.82) is 0 Å². The van der Waals surface area contributed by atoms with Crippen molar-refractivity contribution in [3.63, 3.8) is 0 Å². The predicted molar refractivity (Wildman–Crippen MR) is 368 cm³/mol. The summed E-state index contributed by atoms with van der Waals surface area (Å²) in [5.41, 5.74) is 17.2. The highest BCUT2D eigenvalue weighted by molar-refractivity contribution is 7.19. The molecule has 0 saturated carbocycles. The second kappa shape index (κ2) is 26.6. The van der Waals surface area contributed by atoms with Crippen LogP contribution in [0.3, 0.4) is 0 Å². The zero-order chi connectivity index (χ0) is 62.5. The van der Waals surface area contributed by atoms with Crippen LogP contribution in [0.1, 0.15) is 47.9 Å². The molecule has 0 aliphatic rings. The molecule has 6 aromatic heterocycles. The van der Waals surface area contributed by atoms with Gasteiger partial charge in [0.15, 0.2) is 0 Å². The largest absolute Gasteiger partial charge is 0.481 e. The average Bonchev–Trinajstić information content (AvgIpc) is 1.70. The molecule has 0 spiro atoms. The number of rotatable bonds is 24. The zero-order valence-electron chi connectivity index (χ0n) is 48.4. The van der Waals surface area contributed by atoms with Crippen LogP contribution in [0, 0.1) is 0 Å². The van der Waals surface area contributed by atoms with E-state index in [1.807, 2.05) is 109 Å². The Hall–Kier alpha value is -10.0. The van der Waals surface area contributed by atoms with E-state index < -0.39 is 23.9 Å². The lowest BCUT2D eigenvalue weighted by molar-refractivity contribution is -0.138. The summed E-state index contributed by atoms with van der Waals surface area (Å²) in [5, 5.41) is 41.5. The summed E-state index contributed by atoms with van der Waals surface area (Å²) in [4.78, 5) is 67.1. The molecule has 13 rings (SSSR count). The van der Waals surface area contributed by atoms with E-state index in [9.17, 15) is 39.6 Å². The van der Waals surface area contributed by atoms with Gasteiger partial charge >= 0.3 is 23.9 Å². The summed E-state index contributed by atoms with van der Waals surface area (Å²) >= 11 is 7.70. The van der Waals surface area contributed by atoms with Gasteiger partial charge in [0.1, 0.15) is 33.5 Å². The standard InChI is InChI=1S/C72H54N6O8S5/c79-61(80)37-13-43-5-21-49(22-6-43)77(50-23-7-44(8-24-50)14-38-62(81)82)53-29-17-47(18-30-53)55-33-35-57(89-55)65-69-70(74-68(60-4-2-42-88-60)67(73-69)59-3-1-41-87-59)66(72-71(65)75-91-76-72)58-36-34-56(90-58)48-19-31-54(32-20-48)78(51-25-9-45(10-26-51)15-39-63(83)84)52-27-11-46(12-28-52)16-40-64(85)86/h1-12,17-36,41-42H,13-16,37-40H2,(H,79,80)(H,81,82)(H,83,84)(H,85,86). The molecule has 0 aliphatic heterocycles. The molecule has 0 atom stereocenters. The lowest BCUT2D eigenvalue weighted by Gasteiger charge is -2.26. The van der Waals surface area contributed by atoms with Crippen molar-refractivity contribution < 1.29 is 39.6 Å². The van der Waals surface area contributed by atoms with E-state index >= 15 is 0 Å². The summed E-state index contributed by atoms with van der Waals surface area (Å²) < 4.78 is 10.1. The number of fused-ring (bicyclic) bond motifs is 2. The highest BCUT2D eigenvalue weighted by atomic mass is 32.1. The molecular formula is C72H54N6O8S5. The van der Waals surface area contributed by atoms with Gasteiger partial charge < -0.3 is 30.2 Å². The third kappa shape index (κ3) is 13.2. The second-order valence-electron chi connectivity index (χ2n) is 21.6. The summed E-state index contributed by atoms with van der Waals surface area (Å²) in [6.45, 7) is 0. The topological polar surface area (TPSA) is 207 Å². The molecule has 0 fully saturated rings. The van der Waals surface area contributed by atoms with E-state index in [4.69, 9.17) is 18.7 Å². The van der Waals surface area contributed by atoms with Gasteiger partial charge in [-0.15, -0.1) is 45.3 Å². The lowest BCUT2D eigenvalue weighted by Crippen LogP contribution is -2.10. The minimum Gasteiger partial charge on any atom is -0.481 e. The minimum absolute atomic E-state index is 0.0370. The molecule has 19 heteroatoms. The van der Waals surface area contributed by atoms with E-state index in [1.165, 1.54) is 0 Å². The summed E-state index contributed by atoms with van der Waals surface area (Å²) in [6.07, 6.45) is 1.82. The first-order valence-corrected chi connectivity index (χ1v) is 33.3. The van der Waals surface area contributed by atoms with E-state index in [0.29, 0.717) is 36.7 Å². The monoisotopic (exact) mass is 1290 g/mol.